The van der Waals surface area contributed by atoms with E-state index in [9.17, 15) is 0 Å². The van der Waals surface area contributed by atoms with Crippen molar-refractivity contribution in [2.45, 2.75) is 13.8 Å². The Labute approximate surface area is 103 Å². The molecular formula is C11H22N6. The molecule has 0 saturated heterocycles. The van der Waals surface area contributed by atoms with E-state index in [2.05, 4.69) is 53.6 Å². The molecule has 0 atom stereocenters. The normalized spacial score (nSPS) is 11.6. The van der Waals surface area contributed by atoms with E-state index < -0.39 is 0 Å². The quantitative estimate of drug-likeness (QED) is 0.501. The molecule has 0 saturated carbocycles. The molecule has 0 spiro atoms. The Morgan fingerprint density at radius 1 is 1.29 bits per heavy atom. The Kier molecular flexibility index (Phi) is 4.65. The zero-order chi connectivity index (χ0) is 12.9. The lowest BCUT2D eigenvalue weighted by Crippen LogP contribution is -2.34. The summed E-state index contributed by atoms with van der Waals surface area (Å²) in [6.07, 6.45) is 3.27. The summed E-state index contributed by atoms with van der Waals surface area (Å²) in [5, 5.41) is 3.27. The summed E-state index contributed by atoms with van der Waals surface area (Å²) in [6.45, 7) is 6.24. The van der Waals surface area contributed by atoms with Crippen molar-refractivity contribution in [2.24, 2.45) is 11.3 Å². The SMILES string of the molecule is CN(C)CC(C)(C)CNc1cncc(NN)n1. The standard InChI is InChI=1S/C11H22N6/c1-11(2,8-17(3)4)7-14-9-5-13-6-10(15-9)16-12/h5-6H,7-8,12H2,1-4H3,(H2,14,15,16). The summed E-state index contributed by atoms with van der Waals surface area (Å²) in [5.74, 6) is 6.56. The van der Waals surface area contributed by atoms with Gasteiger partial charge in [-0.15, -0.1) is 0 Å². The number of rotatable bonds is 6. The van der Waals surface area contributed by atoms with Gasteiger partial charge in [-0.1, -0.05) is 13.8 Å². The van der Waals surface area contributed by atoms with Crippen LogP contribution in [-0.2, 0) is 0 Å². The van der Waals surface area contributed by atoms with E-state index in [0.717, 1.165) is 18.9 Å². The van der Waals surface area contributed by atoms with Crippen LogP contribution in [0.5, 0.6) is 0 Å². The first-order valence-electron chi connectivity index (χ1n) is 5.60. The smallest absolute Gasteiger partial charge is 0.160 e. The minimum atomic E-state index is 0.164. The van der Waals surface area contributed by atoms with Crippen LogP contribution in [0.1, 0.15) is 13.8 Å². The maximum absolute atomic E-state index is 5.28. The highest BCUT2D eigenvalue weighted by atomic mass is 15.3. The molecule has 1 aromatic rings. The molecule has 6 heteroatoms. The van der Waals surface area contributed by atoms with E-state index >= 15 is 0 Å². The summed E-state index contributed by atoms with van der Waals surface area (Å²) < 4.78 is 0. The first-order chi connectivity index (χ1) is 7.93. The predicted molar refractivity (Wildman–Crippen MR) is 70.7 cm³/mol. The van der Waals surface area contributed by atoms with E-state index in [-0.39, 0.29) is 5.41 Å². The lowest BCUT2D eigenvalue weighted by atomic mass is 9.93. The third kappa shape index (κ3) is 4.97. The molecule has 0 fully saturated rings. The molecular weight excluding hydrogens is 216 g/mol. The second-order valence-electron chi connectivity index (χ2n) is 5.19. The Balaban J connectivity index is 2.54. The zero-order valence-corrected chi connectivity index (χ0v) is 11.0. The van der Waals surface area contributed by atoms with Gasteiger partial charge in [-0.25, -0.2) is 10.8 Å². The molecule has 0 radical (unpaired) electrons. The molecule has 1 rings (SSSR count). The fraction of sp³-hybridized carbons (Fsp3) is 0.636. The molecule has 6 nitrogen and oxygen atoms in total. The lowest BCUT2D eigenvalue weighted by Gasteiger charge is -2.28. The molecule has 0 aliphatic carbocycles. The minimum Gasteiger partial charge on any atom is -0.368 e. The number of nitrogen functional groups attached to an aromatic ring is 1. The number of anilines is 2. The fourth-order valence-corrected chi connectivity index (χ4v) is 1.76. The van der Waals surface area contributed by atoms with Gasteiger partial charge in [0.25, 0.3) is 0 Å². The topological polar surface area (TPSA) is 79.1 Å². The maximum Gasteiger partial charge on any atom is 0.160 e. The number of nitrogens with zero attached hydrogens (tertiary/aromatic N) is 3. The first-order valence-corrected chi connectivity index (χ1v) is 5.60. The van der Waals surface area contributed by atoms with Crippen LogP contribution in [0.2, 0.25) is 0 Å². The average molecular weight is 238 g/mol. The lowest BCUT2D eigenvalue weighted by molar-refractivity contribution is 0.254. The second-order valence-corrected chi connectivity index (χ2v) is 5.19. The minimum absolute atomic E-state index is 0.164. The van der Waals surface area contributed by atoms with E-state index in [4.69, 9.17) is 5.84 Å². The van der Waals surface area contributed by atoms with Gasteiger partial charge in [-0.3, -0.25) is 4.98 Å². The molecule has 0 aliphatic rings. The van der Waals surface area contributed by atoms with Crippen molar-refractivity contribution in [3.8, 4) is 0 Å². The van der Waals surface area contributed by atoms with Crippen LogP contribution >= 0.6 is 0 Å². The molecule has 0 amide bonds. The van der Waals surface area contributed by atoms with Gasteiger partial charge in [0.2, 0.25) is 0 Å². The van der Waals surface area contributed by atoms with Gasteiger partial charge in [-0.2, -0.15) is 0 Å². The van der Waals surface area contributed by atoms with E-state index in [1.165, 1.54) is 0 Å². The maximum atomic E-state index is 5.28. The molecule has 1 aromatic heterocycles. The van der Waals surface area contributed by atoms with Crippen LogP contribution in [0.4, 0.5) is 11.6 Å². The van der Waals surface area contributed by atoms with Gasteiger partial charge in [-0.05, 0) is 19.5 Å². The number of hydrogen-bond acceptors (Lipinski definition) is 6. The molecule has 1 heterocycles. The molecule has 4 N–H and O–H groups in total. The second kappa shape index (κ2) is 5.79. The fourth-order valence-electron chi connectivity index (χ4n) is 1.76. The van der Waals surface area contributed by atoms with Crippen molar-refractivity contribution in [1.82, 2.24) is 14.9 Å². The highest BCUT2D eigenvalue weighted by Gasteiger charge is 2.18. The van der Waals surface area contributed by atoms with E-state index in [1.54, 1.807) is 12.4 Å². The summed E-state index contributed by atoms with van der Waals surface area (Å²) >= 11 is 0. The van der Waals surface area contributed by atoms with Crippen LogP contribution in [0, 0.1) is 5.41 Å². The van der Waals surface area contributed by atoms with Crippen molar-refractivity contribution in [2.75, 3.05) is 37.9 Å². The number of hydrazine groups is 1. The number of nitrogens with two attached hydrogens (primary N) is 1. The van der Waals surface area contributed by atoms with Gasteiger partial charge in [0.05, 0.1) is 12.4 Å². The van der Waals surface area contributed by atoms with Gasteiger partial charge in [0, 0.05) is 13.1 Å². The third-order valence-corrected chi connectivity index (χ3v) is 2.27. The molecule has 0 aromatic carbocycles. The molecule has 17 heavy (non-hydrogen) atoms. The Morgan fingerprint density at radius 3 is 2.53 bits per heavy atom. The highest BCUT2D eigenvalue weighted by Crippen LogP contribution is 2.17. The third-order valence-electron chi connectivity index (χ3n) is 2.27. The predicted octanol–water partition coefficient (Wildman–Crippen LogP) is 0.762. The van der Waals surface area contributed by atoms with Gasteiger partial charge in [0.1, 0.15) is 5.82 Å². The number of aromatic nitrogens is 2. The van der Waals surface area contributed by atoms with Crippen LogP contribution < -0.4 is 16.6 Å². The van der Waals surface area contributed by atoms with Crippen molar-refractivity contribution in [1.29, 1.82) is 0 Å². The molecule has 96 valence electrons. The summed E-state index contributed by atoms with van der Waals surface area (Å²) in [7, 11) is 4.14. The Morgan fingerprint density at radius 2 is 1.94 bits per heavy atom. The summed E-state index contributed by atoms with van der Waals surface area (Å²) in [6, 6.07) is 0. The number of nitrogens with one attached hydrogen (secondary N) is 2. The van der Waals surface area contributed by atoms with Gasteiger partial charge in [0.15, 0.2) is 5.82 Å². The first kappa shape index (κ1) is 13.7. The van der Waals surface area contributed by atoms with Crippen molar-refractivity contribution < 1.29 is 0 Å². The van der Waals surface area contributed by atoms with Gasteiger partial charge >= 0.3 is 0 Å². The van der Waals surface area contributed by atoms with Crippen molar-refractivity contribution >= 4 is 11.6 Å². The van der Waals surface area contributed by atoms with Crippen LogP contribution in [0.25, 0.3) is 0 Å². The zero-order valence-electron chi connectivity index (χ0n) is 11.0. The van der Waals surface area contributed by atoms with Crippen molar-refractivity contribution in [3.05, 3.63) is 12.4 Å². The van der Waals surface area contributed by atoms with Crippen molar-refractivity contribution in [3.63, 3.8) is 0 Å². The monoisotopic (exact) mass is 238 g/mol. The largest absolute Gasteiger partial charge is 0.368 e. The average Bonchev–Trinajstić information content (AvgIpc) is 2.25. The van der Waals surface area contributed by atoms with E-state index in [0.29, 0.717) is 5.82 Å². The summed E-state index contributed by atoms with van der Waals surface area (Å²) in [5.41, 5.74) is 2.64. The molecule has 0 aliphatic heterocycles. The Hall–Kier alpha value is -1.40. The molecule has 0 bridgehead atoms. The van der Waals surface area contributed by atoms with Crippen LogP contribution in [0.3, 0.4) is 0 Å². The van der Waals surface area contributed by atoms with E-state index in [1.807, 2.05) is 0 Å². The van der Waals surface area contributed by atoms with Gasteiger partial charge < -0.3 is 15.6 Å². The number of hydrogen-bond donors (Lipinski definition) is 3. The molecule has 0 unspecified atom stereocenters. The highest BCUT2D eigenvalue weighted by molar-refractivity contribution is 5.40. The van der Waals surface area contributed by atoms with Crippen LogP contribution in [-0.4, -0.2) is 42.1 Å². The summed E-state index contributed by atoms with van der Waals surface area (Å²) in [4.78, 5) is 10.5. The van der Waals surface area contributed by atoms with Crippen LogP contribution in [0.15, 0.2) is 12.4 Å². The Bertz CT molecular complexity index is 350.